The Morgan fingerprint density at radius 3 is 2.55 bits per heavy atom. The maximum Gasteiger partial charge on any atom is 0.250 e. The maximum absolute atomic E-state index is 13.3. The van der Waals surface area contributed by atoms with Gasteiger partial charge in [-0.2, -0.15) is 5.06 Å². The molecule has 1 saturated heterocycles. The number of hydrogen-bond donors (Lipinski definition) is 0. The van der Waals surface area contributed by atoms with Gasteiger partial charge >= 0.3 is 0 Å². The van der Waals surface area contributed by atoms with Crippen molar-refractivity contribution in [2.45, 2.75) is 72.6 Å². The molecule has 6 atom stereocenters. The van der Waals surface area contributed by atoms with Gasteiger partial charge in [0, 0.05) is 30.8 Å². The van der Waals surface area contributed by atoms with E-state index >= 15 is 0 Å². The number of nitrogens with zero attached hydrogens (tertiary/aromatic N) is 2. The number of fused-ring (bicyclic) bond motifs is 5. The Balaban J connectivity index is 1.63. The monoisotopic (exact) mass is 402 g/mol. The van der Waals surface area contributed by atoms with E-state index in [1.807, 2.05) is 4.90 Å². The molecule has 162 valence electrons. The van der Waals surface area contributed by atoms with Gasteiger partial charge in [-0.25, -0.2) is 0 Å². The van der Waals surface area contributed by atoms with Crippen LogP contribution in [0.15, 0.2) is 11.8 Å². The topological polar surface area (TPSA) is 49.9 Å². The molecule has 5 heteroatoms. The lowest BCUT2D eigenvalue weighted by Gasteiger charge is -2.58. The maximum atomic E-state index is 13.3. The van der Waals surface area contributed by atoms with Crippen LogP contribution in [0.5, 0.6) is 0 Å². The molecule has 0 spiro atoms. The van der Waals surface area contributed by atoms with Crippen molar-refractivity contribution in [3.05, 3.63) is 11.8 Å². The van der Waals surface area contributed by atoms with Crippen LogP contribution in [0, 0.1) is 34.5 Å². The van der Waals surface area contributed by atoms with Gasteiger partial charge in [-0.15, -0.1) is 0 Å². The Hall–Kier alpha value is -1.36. The molecule has 0 bridgehead atoms. The fraction of sp³-hybridized carbons (Fsp3) is 0.833. The van der Waals surface area contributed by atoms with Crippen LogP contribution in [0.4, 0.5) is 0 Å². The first-order valence-corrected chi connectivity index (χ1v) is 11.7. The second-order valence-corrected chi connectivity index (χ2v) is 10.2. The van der Waals surface area contributed by atoms with Gasteiger partial charge in [-0.1, -0.05) is 19.9 Å². The van der Waals surface area contributed by atoms with Gasteiger partial charge in [0.05, 0.1) is 12.8 Å². The van der Waals surface area contributed by atoms with Crippen LogP contribution in [0.3, 0.4) is 0 Å². The van der Waals surface area contributed by atoms with Crippen molar-refractivity contribution in [2.24, 2.45) is 34.5 Å². The van der Waals surface area contributed by atoms with Crippen LogP contribution in [0.1, 0.15) is 72.6 Å². The molecule has 3 aliphatic carbocycles. The summed E-state index contributed by atoms with van der Waals surface area (Å²) in [5.74, 6) is 2.44. The van der Waals surface area contributed by atoms with Gasteiger partial charge in [0.25, 0.3) is 5.91 Å². The summed E-state index contributed by atoms with van der Waals surface area (Å²) >= 11 is 0. The predicted molar refractivity (Wildman–Crippen MR) is 112 cm³/mol. The first kappa shape index (κ1) is 20.9. The molecule has 29 heavy (non-hydrogen) atoms. The zero-order valence-electron chi connectivity index (χ0n) is 18.9. The lowest BCUT2D eigenvalue weighted by atomic mass is 9.49. The number of rotatable bonds is 4. The molecule has 2 amide bonds. The minimum absolute atomic E-state index is 0.00906. The molecule has 5 nitrogen and oxygen atoms in total. The third-order valence-electron chi connectivity index (χ3n) is 9.28. The lowest BCUT2D eigenvalue weighted by molar-refractivity contribution is -0.184. The highest BCUT2D eigenvalue weighted by atomic mass is 16.7. The number of allylic oxidation sites excluding steroid dienone is 2. The zero-order chi connectivity index (χ0) is 21.0. The summed E-state index contributed by atoms with van der Waals surface area (Å²) in [5.41, 5.74) is 1.22. The quantitative estimate of drug-likeness (QED) is 0.701. The van der Waals surface area contributed by atoms with Crippen LogP contribution in [-0.2, 0) is 14.4 Å². The summed E-state index contributed by atoms with van der Waals surface area (Å²) < 4.78 is 0. The number of carbonyl (C=O) groups excluding carboxylic acids is 2. The van der Waals surface area contributed by atoms with Crippen molar-refractivity contribution < 1.29 is 14.4 Å². The van der Waals surface area contributed by atoms with E-state index in [9.17, 15) is 9.59 Å². The summed E-state index contributed by atoms with van der Waals surface area (Å²) in [7, 11) is 1.61. The van der Waals surface area contributed by atoms with Crippen LogP contribution in [0.25, 0.3) is 0 Å². The van der Waals surface area contributed by atoms with Crippen molar-refractivity contribution in [3.63, 3.8) is 0 Å². The molecule has 3 fully saturated rings. The summed E-state index contributed by atoms with van der Waals surface area (Å²) in [6, 6.07) is 0. The minimum atomic E-state index is 0.00906. The molecular weight excluding hydrogens is 364 g/mol. The van der Waals surface area contributed by atoms with Gasteiger partial charge in [0.15, 0.2) is 0 Å². The van der Waals surface area contributed by atoms with Crippen molar-refractivity contribution in [1.82, 2.24) is 9.96 Å². The molecule has 4 aliphatic rings. The SMILES string of the molecule is CCN(CC)C(=O)C1CC[C@H]2[C@@H]3CC=C4N(OC)C(=O)CC[C@]4(C)[C@H]3CC[C@]12C. The summed E-state index contributed by atoms with van der Waals surface area (Å²) in [4.78, 5) is 33.2. The van der Waals surface area contributed by atoms with Gasteiger partial charge < -0.3 is 4.90 Å². The molecule has 0 radical (unpaired) electrons. The average molecular weight is 403 g/mol. The van der Waals surface area contributed by atoms with E-state index in [1.165, 1.54) is 6.42 Å². The van der Waals surface area contributed by atoms with Crippen LogP contribution in [-0.4, -0.2) is 42.0 Å². The van der Waals surface area contributed by atoms with Crippen LogP contribution < -0.4 is 0 Å². The fourth-order valence-corrected chi connectivity index (χ4v) is 7.67. The Kier molecular flexibility index (Phi) is 5.33. The molecule has 0 aromatic carbocycles. The highest BCUT2D eigenvalue weighted by Gasteiger charge is 2.61. The molecule has 0 aromatic heterocycles. The van der Waals surface area contributed by atoms with E-state index in [4.69, 9.17) is 4.84 Å². The smallest absolute Gasteiger partial charge is 0.250 e. The highest BCUT2D eigenvalue weighted by Crippen LogP contribution is 2.66. The van der Waals surface area contributed by atoms with Gasteiger partial charge in [0.2, 0.25) is 5.91 Å². The number of hydroxylamine groups is 2. The van der Waals surface area contributed by atoms with E-state index in [-0.39, 0.29) is 22.7 Å². The summed E-state index contributed by atoms with van der Waals surface area (Å²) in [5, 5.41) is 1.56. The van der Waals surface area contributed by atoms with Crippen molar-refractivity contribution in [2.75, 3.05) is 20.2 Å². The van der Waals surface area contributed by atoms with Crippen molar-refractivity contribution >= 4 is 11.8 Å². The van der Waals surface area contributed by atoms with Crippen LogP contribution >= 0.6 is 0 Å². The zero-order valence-corrected chi connectivity index (χ0v) is 18.9. The highest BCUT2D eigenvalue weighted by molar-refractivity contribution is 5.80. The van der Waals surface area contributed by atoms with E-state index in [0.717, 1.165) is 50.9 Å². The number of carbonyl (C=O) groups is 2. The standard InChI is InChI=1S/C24H38N2O3/c1-6-25(7-2)22(28)19-10-9-17-16-8-11-20-24(4,15-13-21(27)26(20)29-5)18(16)12-14-23(17,19)3/h11,16-19H,6-10,12-15H2,1-5H3/t16-,17-,18-,19?,23-,24+/m0/s1. The van der Waals surface area contributed by atoms with E-state index in [1.54, 1.807) is 12.2 Å². The summed E-state index contributed by atoms with van der Waals surface area (Å²) in [6.45, 7) is 10.6. The van der Waals surface area contributed by atoms with Crippen molar-refractivity contribution in [3.8, 4) is 0 Å². The minimum Gasteiger partial charge on any atom is -0.343 e. The number of piperidine rings is 1. The largest absolute Gasteiger partial charge is 0.343 e. The Morgan fingerprint density at radius 1 is 1.17 bits per heavy atom. The number of hydrogen-bond acceptors (Lipinski definition) is 3. The lowest BCUT2D eigenvalue weighted by Crippen LogP contribution is -2.55. The molecule has 1 heterocycles. The predicted octanol–water partition coefficient (Wildman–Crippen LogP) is 4.39. The average Bonchev–Trinajstić information content (AvgIpc) is 3.06. The first-order valence-electron chi connectivity index (χ1n) is 11.7. The van der Waals surface area contributed by atoms with Crippen molar-refractivity contribution in [1.29, 1.82) is 0 Å². The second-order valence-electron chi connectivity index (χ2n) is 10.2. The fourth-order valence-electron chi connectivity index (χ4n) is 7.67. The Bertz CT molecular complexity index is 715. The Morgan fingerprint density at radius 2 is 1.90 bits per heavy atom. The molecular formula is C24H38N2O3. The van der Waals surface area contributed by atoms with E-state index < -0.39 is 0 Å². The molecule has 1 unspecified atom stereocenters. The summed E-state index contributed by atoms with van der Waals surface area (Å²) in [6.07, 6.45) is 9.26. The van der Waals surface area contributed by atoms with Gasteiger partial charge in [-0.3, -0.25) is 14.4 Å². The van der Waals surface area contributed by atoms with Crippen LogP contribution in [0.2, 0.25) is 0 Å². The van der Waals surface area contributed by atoms with E-state index in [0.29, 0.717) is 30.1 Å². The first-order chi connectivity index (χ1) is 13.8. The third-order valence-corrected chi connectivity index (χ3v) is 9.28. The number of amides is 2. The molecule has 4 rings (SSSR count). The molecule has 1 aliphatic heterocycles. The van der Waals surface area contributed by atoms with E-state index in [2.05, 4.69) is 33.8 Å². The van der Waals surface area contributed by atoms with Gasteiger partial charge in [-0.05, 0) is 75.5 Å². The van der Waals surface area contributed by atoms with Gasteiger partial charge in [0.1, 0.15) is 0 Å². The third kappa shape index (κ3) is 2.90. The molecule has 0 aromatic rings. The second kappa shape index (κ2) is 7.40. The molecule has 0 N–H and O–H groups in total. The molecule has 2 saturated carbocycles. The normalized spacial score (nSPS) is 41.3. The Labute approximate surface area is 175 Å².